The molecule has 0 radical (unpaired) electrons. The van der Waals surface area contributed by atoms with Gasteiger partial charge in [-0.1, -0.05) is 0 Å². The van der Waals surface area contributed by atoms with Crippen molar-refractivity contribution in [2.45, 2.75) is 31.6 Å². The molecule has 0 amide bonds. The van der Waals surface area contributed by atoms with Crippen molar-refractivity contribution in [3.8, 4) is 0 Å². The van der Waals surface area contributed by atoms with Gasteiger partial charge in [0, 0.05) is 24.2 Å². The van der Waals surface area contributed by atoms with E-state index in [0.717, 1.165) is 23.5 Å². The Kier molecular flexibility index (Phi) is 3.37. The third kappa shape index (κ3) is 2.62. The molecule has 4 nitrogen and oxygen atoms in total. The zero-order valence-corrected chi connectivity index (χ0v) is 11.8. The Bertz CT molecular complexity index is 599. The summed E-state index contributed by atoms with van der Waals surface area (Å²) in [6, 6.07) is -0.0307. The van der Waals surface area contributed by atoms with Crippen LogP contribution in [0.15, 0.2) is 11.6 Å². The highest BCUT2D eigenvalue weighted by Gasteiger charge is 2.40. The predicted octanol–water partition coefficient (Wildman–Crippen LogP) is 2.65. The van der Waals surface area contributed by atoms with Crippen LogP contribution >= 0.6 is 11.3 Å². The summed E-state index contributed by atoms with van der Waals surface area (Å²) in [5.74, 6) is 0.464. The Balaban J connectivity index is 2.01. The number of rotatable bonds is 5. The van der Waals surface area contributed by atoms with Crippen molar-refractivity contribution in [1.29, 1.82) is 0 Å². The fraction of sp³-hybridized carbons (Fsp3) is 0.583. The van der Waals surface area contributed by atoms with E-state index >= 15 is 0 Å². The molecule has 2 aromatic rings. The predicted molar refractivity (Wildman–Crippen MR) is 72.3 cm³/mol. The molecule has 1 saturated carbocycles. The molecule has 1 aliphatic carbocycles. The van der Waals surface area contributed by atoms with Crippen LogP contribution in [0.25, 0.3) is 4.96 Å². The van der Waals surface area contributed by atoms with Crippen LogP contribution in [0.3, 0.4) is 0 Å². The minimum Gasteiger partial charge on any atom is -0.343 e. The number of aromatic nitrogens is 2. The van der Waals surface area contributed by atoms with Gasteiger partial charge in [0.1, 0.15) is 6.54 Å². The Morgan fingerprint density at radius 3 is 2.85 bits per heavy atom. The van der Waals surface area contributed by atoms with Gasteiger partial charge in [-0.25, -0.2) is 4.98 Å². The van der Waals surface area contributed by atoms with Crippen molar-refractivity contribution >= 4 is 22.1 Å². The van der Waals surface area contributed by atoms with Gasteiger partial charge in [-0.2, -0.15) is 13.2 Å². The first-order valence-electron chi connectivity index (χ1n) is 6.42. The Labute approximate surface area is 118 Å². The summed E-state index contributed by atoms with van der Waals surface area (Å²) in [7, 11) is 1.78. The maximum Gasteiger partial charge on any atom is 0.405 e. The van der Waals surface area contributed by atoms with Crippen molar-refractivity contribution < 1.29 is 13.2 Å². The summed E-state index contributed by atoms with van der Waals surface area (Å²) < 4.78 is 40.2. The SMILES string of the molecule is CNCc1c(N(CC(F)(F)F)C2CC2)nc2sccn12. The summed E-state index contributed by atoms with van der Waals surface area (Å²) in [6.07, 6.45) is -0.751. The molecule has 1 fully saturated rings. The minimum atomic E-state index is -4.21. The molecule has 3 rings (SSSR count). The van der Waals surface area contributed by atoms with Crippen molar-refractivity contribution in [2.24, 2.45) is 0 Å². The molecule has 0 aliphatic heterocycles. The number of fused-ring (bicyclic) bond motifs is 1. The van der Waals surface area contributed by atoms with E-state index in [9.17, 15) is 13.2 Å². The van der Waals surface area contributed by atoms with Crippen LogP contribution in [-0.2, 0) is 6.54 Å². The number of nitrogens with zero attached hydrogens (tertiary/aromatic N) is 3. The Morgan fingerprint density at radius 2 is 2.25 bits per heavy atom. The van der Waals surface area contributed by atoms with Gasteiger partial charge in [0.15, 0.2) is 10.8 Å². The zero-order valence-electron chi connectivity index (χ0n) is 10.9. The molecule has 0 spiro atoms. The first kappa shape index (κ1) is 13.7. The first-order valence-corrected chi connectivity index (χ1v) is 7.30. The zero-order chi connectivity index (χ0) is 14.3. The third-order valence-corrected chi connectivity index (χ3v) is 4.05. The minimum absolute atomic E-state index is 0.0307. The van der Waals surface area contributed by atoms with Crippen molar-refractivity contribution in [3.63, 3.8) is 0 Å². The smallest absolute Gasteiger partial charge is 0.343 e. The summed E-state index contributed by atoms with van der Waals surface area (Å²) in [6.45, 7) is -0.437. The van der Waals surface area contributed by atoms with Crippen LogP contribution in [-0.4, -0.2) is 35.2 Å². The molecule has 0 saturated heterocycles. The fourth-order valence-electron chi connectivity index (χ4n) is 2.34. The molecule has 0 bridgehead atoms. The number of nitrogens with one attached hydrogen (secondary N) is 1. The van der Waals surface area contributed by atoms with E-state index in [0.29, 0.717) is 12.4 Å². The van der Waals surface area contributed by atoms with Crippen LogP contribution in [0.1, 0.15) is 18.5 Å². The van der Waals surface area contributed by atoms with E-state index < -0.39 is 12.7 Å². The van der Waals surface area contributed by atoms with Gasteiger partial charge in [-0.05, 0) is 19.9 Å². The summed E-state index contributed by atoms with van der Waals surface area (Å²) in [5, 5.41) is 4.89. The average Bonchev–Trinajstić information content (AvgIpc) is 3.00. The van der Waals surface area contributed by atoms with Gasteiger partial charge in [-0.3, -0.25) is 4.40 Å². The second-order valence-electron chi connectivity index (χ2n) is 4.94. The van der Waals surface area contributed by atoms with E-state index in [4.69, 9.17) is 0 Å². The Morgan fingerprint density at radius 1 is 1.50 bits per heavy atom. The molecule has 1 aliphatic rings. The van der Waals surface area contributed by atoms with Gasteiger partial charge in [0.2, 0.25) is 0 Å². The van der Waals surface area contributed by atoms with Gasteiger partial charge in [0.25, 0.3) is 0 Å². The lowest BCUT2D eigenvalue weighted by molar-refractivity contribution is -0.120. The number of halogens is 3. The van der Waals surface area contributed by atoms with Gasteiger partial charge < -0.3 is 10.2 Å². The summed E-state index contributed by atoms with van der Waals surface area (Å²) >= 11 is 1.43. The number of hydrogen-bond acceptors (Lipinski definition) is 4. The molecule has 0 unspecified atom stereocenters. The number of imidazole rings is 1. The lowest BCUT2D eigenvalue weighted by Crippen LogP contribution is -2.37. The van der Waals surface area contributed by atoms with Gasteiger partial charge in [0.05, 0.1) is 5.69 Å². The molecule has 20 heavy (non-hydrogen) atoms. The largest absolute Gasteiger partial charge is 0.405 e. The van der Waals surface area contributed by atoms with E-state index in [1.165, 1.54) is 16.2 Å². The molecular weight excluding hydrogens is 289 g/mol. The highest BCUT2D eigenvalue weighted by Crippen LogP contribution is 2.36. The van der Waals surface area contributed by atoms with Crippen molar-refractivity contribution in [1.82, 2.24) is 14.7 Å². The van der Waals surface area contributed by atoms with Crippen LogP contribution in [0, 0.1) is 0 Å². The van der Waals surface area contributed by atoms with Crippen LogP contribution < -0.4 is 10.2 Å². The topological polar surface area (TPSA) is 32.6 Å². The Hall–Kier alpha value is -1.28. The maximum absolute atomic E-state index is 12.8. The van der Waals surface area contributed by atoms with Crippen molar-refractivity contribution in [3.05, 3.63) is 17.3 Å². The normalized spacial score (nSPS) is 16.0. The number of alkyl halides is 3. The molecule has 2 aromatic heterocycles. The van der Waals surface area contributed by atoms with Gasteiger partial charge >= 0.3 is 6.18 Å². The number of anilines is 1. The van der Waals surface area contributed by atoms with E-state index in [2.05, 4.69) is 10.3 Å². The van der Waals surface area contributed by atoms with Crippen molar-refractivity contribution in [2.75, 3.05) is 18.5 Å². The molecular formula is C12H15F3N4S. The average molecular weight is 304 g/mol. The van der Waals surface area contributed by atoms with Gasteiger partial charge in [-0.15, -0.1) is 11.3 Å². The van der Waals surface area contributed by atoms with Crippen LogP contribution in [0.4, 0.5) is 19.0 Å². The first-order chi connectivity index (χ1) is 9.49. The molecule has 8 heteroatoms. The number of hydrogen-bond donors (Lipinski definition) is 1. The highest BCUT2D eigenvalue weighted by molar-refractivity contribution is 7.15. The molecule has 2 heterocycles. The molecule has 0 atom stereocenters. The third-order valence-electron chi connectivity index (χ3n) is 3.29. The molecule has 1 N–H and O–H groups in total. The lowest BCUT2D eigenvalue weighted by atomic mass is 10.3. The lowest BCUT2D eigenvalue weighted by Gasteiger charge is -2.24. The van der Waals surface area contributed by atoms with E-state index in [-0.39, 0.29) is 6.04 Å². The monoisotopic (exact) mass is 304 g/mol. The molecule has 110 valence electrons. The highest BCUT2D eigenvalue weighted by atomic mass is 32.1. The summed E-state index contributed by atoms with van der Waals surface area (Å²) in [5.41, 5.74) is 0.792. The second kappa shape index (κ2) is 4.92. The van der Waals surface area contributed by atoms with E-state index in [1.54, 1.807) is 7.05 Å². The molecule has 0 aromatic carbocycles. The second-order valence-corrected chi connectivity index (χ2v) is 5.82. The maximum atomic E-state index is 12.8. The van der Waals surface area contributed by atoms with Crippen LogP contribution in [0.5, 0.6) is 0 Å². The van der Waals surface area contributed by atoms with Crippen LogP contribution in [0.2, 0.25) is 0 Å². The van der Waals surface area contributed by atoms with E-state index in [1.807, 2.05) is 16.0 Å². The number of thiazole rings is 1. The standard InChI is InChI=1S/C12H15F3N4S/c1-16-6-9-10(17-11-18(9)4-5-20-11)19(8-2-3-8)7-12(13,14)15/h4-5,8,16H,2-3,6-7H2,1H3. The summed E-state index contributed by atoms with van der Waals surface area (Å²) in [4.78, 5) is 6.55. The fourth-order valence-corrected chi connectivity index (χ4v) is 3.07. The quantitative estimate of drug-likeness (QED) is 0.922.